The van der Waals surface area contributed by atoms with Gasteiger partial charge in [-0.1, -0.05) is 35.0 Å². The lowest BCUT2D eigenvalue weighted by atomic mass is 10.1. The Hall–Kier alpha value is -0.870. The normalized spacial score (nSPS) is 12.2. The summed E-state index contributed by atoms with van der Waals surface area (Å²) in [4.78, 5) is 11.6. The maximum atomic E-state index is 11.6. The molecule has 1 unspecified atom stereocenters. The van der Waals surface area contributed by atoms with E-state index in [1.54, 1.807) is 0 Å². The van der Waals surface area contributed by atoms with Gasteiger partial charge in [-0.25, -0.2) is 0 Å². The second-order valence-corrected chi connectivity index (χ2v) is 5.06. The summed E-state index contributed by atoms with van der Waals surface area (Å²) in [5, 5.41) is 2.92. The molecule has 17 heavy (non-hydrogen) atoms. The first-order chi connectivity index (χ1) is 8.13. The fourth-order valence-electron chi connectivity index (χ4n) is 1.54. The minimum Gasteiger partial charge on any atom is -0.356 e. The average Bonchev–Trinajstić information content (AvgIpc) is 2.32. The van der Waals surface area contributed by atoms with E-state index in [1.807, 2.05) is 19.1 Å². The molecule has 0 spiro atoms. The van der Waals surface area contributed by atoms with Crippen LogP contribution in [0.2, 0.25) is 0 Å². The van der Waals surface area contributed by atoms with E-state index >= 15 is 0 Å². The number of benzene rings is 1. The lowest BCUT2D eigenvalue weighted by molar-refractivity contribution is -0.124. The number of amides is 1. The highest BCUT2D eigenvalue weighted by molar-refractivity contribution is 9.10. The van der Waals surface area contributed by atoms with Gasteiger partial charge in [-0.3, -0.25) is 4.79 Å². The molecule has 1 amide bonds. The van der Waals surface area contributed by atoms with Crippen molar-refractivity contribution in [2.24, 2.45) is 11.7 Å². The Labute approximate surface area is 111 Å². The molecule has 0 saturated heterocycles. The third-order valence-electron chi connectivity index (χ3n) is 2.67. The Morgan fingerprint density at radius 1 is 1.41 bits per heavy atom. The average molecular weight is 299 g/mol. The maximum Gasteiger partial charge on any atom is 0.222 e. The second kappa shape index (κ2) is 7.45. The molecule has 1 aromatic rings. The first-order valence-electron chi connectivity index (χ1n) is 5.85. The van der Waals surface area contributed by atoms with Gasteiger partial charge in [0.2, 0.25) is 5.91 Å². The summed E-state index contributed by atoms with van der Waals surface area (Å²) >= 11 is 3.39. The van der Waals surface area contributed by atoms with E-state index < -0.39 is 0 Å². The summed E-state index contributed by atoms with van der Waals surface area (Å²) in [6.07, 6.45) is 1.60. The highest BCUT2D eigenvalue weighted by atomic mass is 79.9. The molecule has 0 aliphatic carbocycles. The van der Waals surface area contributed by atoms with Gasteiger partial charge in [0.25, 0.3) is 0 Å². The highest BCUT2D eigenvalue weighted by Gasteiger charge is 2.10. The molecule has 0 radical (unpaired) electrons. The van der Waals surface area contributed by atoms with Crippen molar-refractivity contribution in [3.63, 3.8) is 0 Å². The topological polar surface area (TPSA) is 55.1 Å². The molecular weight excluding hydrogens is 280 g/mol. The minimum absolute atomic E-state index is 0.00455. The number of nitrogens with two attached hydrogens (primary N) is 1. The molecule has 3 N–H and O–H groups in total. The summed E-state index contributed by atoms with van der Waals surface area (Å²) < 4.78 is 1.07. The van der Waals surface area contributed by atoms with Crippen LogP contribution in [0.5, 0.6) is 0 Å². The highest BCUT2D eigenvalue weighted by Crippen LogP contribution is 2.10. The zero-order valence-corrected chi connectivity index (χ0v) is 11.7. The summed E-state index contributed by atoms with van der Waals surface area (Å²) in [5.74, 6) is 0.0949. The zero-order valence-electron chi connectivity index (χ0n) is 10.1. The van der Waals surface area contributed by atoms with E-state index in [2.05, 4.69) is 33.4 Å². The number of rotatable bonds is 6. The number of carbonyl (C=O) groups excluding carboxylic acids is 1. The lowest BCUT2D eigenvalue weighted by Crippen LogP contribution is -2.31. The predicted molar refractivity (Wildman–Crippen MR) is 73.7 cm³/mol. The zero-order chi connectivity index (χ0) is 12.7. The van der Waals surface area contributed by atoms with Crippen molar-refractivity contribution < 1.29 is 4.79 Å². The second-order valence-electron chi connectivity index (χ2n) is 4.15. The summed E-state index contributed by atoms with van der Waals surface area (Å²) in [7, 11) is 0. The molecule has 1 aromatic carbocycles. The van der Waals surface area contributed by atoms with E-state index in [1.165, 1.54) is 5.56 Å². The van der Waals surface area contributed by atoms with Crippen LogP contribution >= 0.6 is 15.9 Å². The lowest BCUT2D eigenvalue weighted by Gasteiger charge is -2.10. The predicted octanol–water partition coefficient (Wildman–Crippen LogP) is 2.09. The van der Waals surface area contributed by atoms with Gasteiger partial charge in [0.15, 0.2) is 0 Å². The smallest absolute Gasteiger partial charge is 0.222 e. The Balaban J connectivity index is 2.28. The van der Waals surface area contributed by atoms with Crippen LogP contribution in [-0.2, 0) is 11.2 Å². The van der Waals surface area contributed by atoms with E-state index in [-0.39, 0.29) is 11.8 Å². The molecule has 1 rings (SSSR count). The van der Waals surface area contributed by atoms with Gasteiger partial charge in [-0.2, -0.15) is 0 Å². The van der Waals surface area contributed by atoms with Crippen molar-refractivity contribution in [1.29, 1.82) is 0 Å². The minimum atomic E-state index is 0.00455. The van der Waals surface area contributed by atoms with Gasteiger partial charge in [-0.05, 0) is 37.1 Å². The SMILES string of the molecule is CC(CCN)C(=O)NCCc1ccc(Br)cc1. The number of carbonyl (C=O) groups is 1. The van der Waals surface area contributed by atoms with Crippen LogP contribution in [0.1, 0.15) is 18.9 Å². The molecule has 0 saturated carbocycles. The Bertz CT molecular complexity index is 351. The molecule has 0 fully saturated rings. The van der Waals surface area contributed by atoms with Crippen LogP contribution in [0.4, 0.5) is 0 Å². The number of nitrogens with one attached hydrogen (secondary N) is 1. The molecule has 0 aromatic heterocycles. The standard InChI is InChI=1S/C13H19BrN2O/c1-10(6-8-15)13(17)16-9-7-11-2-4-12(14)5-3-11/h2-5,10H,6-9,15H2,1H3,(H,16,17). The van der Waals surface area contributed by atoms with Gasteiger partial charge < -0.3 is 11.1 Å². The van der Waals surface area contributed by atoms with Crippen molar-refractivity contribution in [2.45, 2.75) is 19.8 Å². The van der Waals surface area contributed by atoms with Gasteiger partial charge in [-0.15, -0.1) is 0 Å². The van der Waals surface area contributed by atoms with Crippen molar-refractivity contribution in [3.8, 4) is 0 Å². The molecule has 0 bridgehead atoms. The third-order valence-corrected chi connectivity index (χ3v) is 3.20. The molecular formula is C13H19BrN2O. The third kappa shape index (κ3) is 5.33. The van der Waals surface area contributed by atoms with E-state index in [9.17, 15) is 4.79 Å². The molecule has 0 aliphatic rings. The summed E-state index contributed by atoms with van der Waals surface area (Å²) in [6.45, 7) is 3.14. The van der Waals surface area contributed by atoms with Crippen LogP contribution in [0, 0.1) is 5.92 Å². The van der Waals surface area contributed by atoms with Gasteiger partial charge in [0.1, 0.15) is 0 Å². The molecule has 94 valence electrons. The Morgan fingerprint density at radius 3 is 2.65 bits per heavy atom. The molecule has 3 nitrogen and oxygen atoms in total. The monoisotopic (exact) mass is 298 g/mol. The van der Waals surface area contributed by atoms with Crippen molar-refractivity contribution in [3.05, 3.63) is 34.3 Å². The first kappa shape index (κ1) is 14.2. The summed E-state index contributed by atoms with van der Waals surface area (Å²) in [6, 6.07) is 8.13. The maximum absolute atomic E-state index is 11.6. The van der Waals surface area contributed by atoms with Gasteiger partial charge >= 0.3 is 0 Å². The quantitative estimate of drug-likeness (QED) is 0.845. The Morgan fingerprint density at radius 2 is 2.06 bits per heavy atom. The van der Waals surface area contributed by atoms with Crippen molar-refractivity contribution in [1.82, 2.24) is 5.32 Å². The molecule has 0 aliphatic heterocycles. The van der Waals surface area contributed by atoms with Crippen LogP contribution in [-0.4, -0.2) is 19.0 Å². The fraction of sp³-hybridized carbons (Fsp3) is 0.462. The fourth-order valence-corrected chi connectivity index (χ4v) is 1.80. The molecule has 4 heteroatoms. The molecule has 0 heterocycles. The van der Waals surface area contributed by atoms with Crippen LogP contribution in [0.3, 0.4) is 0 Å². The van der Waals surface area contributed by atoms with E-state index in [0.717, 1.165) is 17.3 Å². The van der Waals surface area contributed by atoms with Crippen molar-refractivity contribution >= 4 is 21.8 Å². The number of hydrogen-bond donors (Lipinski definition) is 2. The van der Waals surface area contributed by atoms with E-state index in [0.29, 0.717) is 13.1 Å². The first-order valence-corrected chi connectivity index (χ1v) is 6.65. The van der Waals surface area contributed by atoms with Crippen LogP contribution in [0.25, 0.3) is 0 Å². The van der Waals surface area contributed by atoms with Crippen molar-refractivity contribution in [2.75, 3.05) is 13.1 Å². The van der Waals surface area contributed by atoms with E-state index in [4.69, 9.17) is 5.73 Å². The van der Waals surface area contributed by atoms with Gasteiger partial charge in [0.05, 0.1) is 0 Å². The number of halogens is 1. The van der Waals surface area contributed by atoms with Gasteiger partial charge in [0, 0.05) is 16.9 Å². The van der Waals surface area contributed by atoms with Crippen LogP contribution in [0.15, 0.2) is 28.7 Å². The largest absolute Gasteiger partial charge is 0.356 e. The molecule has 1 atom stereocenters. The van der Waals surface area contributed by atoms with Crippen LogP contribution < -0.4 is 11.1 Å². The summed E-state index contributed by atoms with van der Waals surface area (Å²) in [5.41, 5.74) is 6.64. The number of hydrogen-bond acceptors (Lipinski definition) is 2. The Kier molecular flexibility index (Phi) is 6.22.